The number of fused-ring (bicyclic) bond motifs is 1. The molecule has 0 aromatic heterocycles. The van der Waals surface area contributed by atoms with Crippen LogP contribution in [0.4, 0.5) is 5.69 Å². The number of nitrogens with one attached hydrogen (secondary N) is 1. The van der Waals surface area contributed by atoms with Crippen molar-refractivity contribution in [3.63, 3.8) is 0 Å². The minimum atomic E-state index is -0.929. The van der Waals surface area contributed by atoms with E-state index in [1.165, 1.54) is 17.7 Å². The van der Waals surface area contributed by atoms with Crippen LogP contribution < -0.4 is 20.7 Å². The van der Waals surface area contributed by atoms with Gasteiger partial charge in [0.2, 0.25) is 0 Å². The maximum atomic E-state index is 12.9. The Morgan fingerprint density at radius 1 is 0.703 bits per heavy atom. The highest BCUT2D eigenvalue weighted by Crippen LogP contribution is 2.51. The quantitative estimate of drug-likeness (QED) is 0.185. The molecule has 0 aliphatic carbocycles. The highest BCUT2D eigenvalue weighted by molar-refractivity contribution is 7.73. The number of ether oxygens (including phenoxy) is 2. The fraction of sp³-hybridized carbons (Fsp3) is 0.0938. The largest absolute Gasteiger partial charge is 0.497 e. The molecule has 0 saturated carbocycles. The number of esters is 1. The number of benzene rings is 5. The third-order valence-electron chi connectivity index (χ3n) is 6.36. The summed E-state index contributed by atoms with van der Waals surface area (Å²) in [6.07, 6.45) is 0. The highest BCUT2D eigenvalue weighted by Gasteiger charge is 2.29. The number of hydrogen-bond donors (Lipinski definition) is 1. The number of anilines is 1. The lowest BCUT2D eigenvalue weighted by Gasteiger charge is -2.32. The summed E-state index contributed by atoms with van der Waals surface area (Å²) in [7, 11) is 2.17. The van der Waals surface area contributed by atoms with Crippen molar-refractivity contribution < 1.29 is 14.3 Å². The van der Waals surface area contributed by atoms with E-state index in [4.69, 9.17) is 9.47 Å². The number of hydrogen-bond acceptors (Lipinski definition) is 4. The van der Waals surface area contributed by atoms with Gasteiger partial charge in [-0.05, 0) is 59.8 Å². The van der Waals surface area contributed by atoms with E-state index in [1.807, 2.05) is 60.7 Å². The molecule has 0 saturated heterocycles. The van der Waals surface area contributed by atoms with Gasteiger partial charge in [0.15, 0.2) is 0 Å². The SMILES string of the molecule is COC(=O)c1cccc2cccc(C(Nc3ccc(OC)cc3)P(c3ccccc3)c3ccccc3)c12. The number of rotatable bonds is 8. The van der Waals surface area contributed by atoms with Gasteiger partial charge in [-0.3, -0.25) is 0 Å². The van der Waals surface area contributed by atoms with E-state index >= 15 is 0 Å². The van der Waals surface area contributed by atoms with E-state index in [-0.39, 0.29) is 11.8 Å². The molecule has 4 nitrogen and oxygen atoms in total. The summed E-state index contributed by atoms with van der Waals surface area (Å²) >= 11 is 0. The maximum absolute atomic E-state index is 12.9. The normalized spacial score (nSPS) is 11.8. The number of carbonyl (C=O) groups is 1. The molecule has 5 aromatic carbocycles. The van der Waals surface area contributed by atoms with Crippen LogP contribution in [0.1, 0.15) is 21.7 Å². The lowest BCUT2D eigenvalue weighted by Crippen LogP contribution is -2.22. The van der Waals surface area contributed by atoms with Gasteiger partial charge in [0.05, 0.1) is 25.6 Å². The molecule has 0 fully saturated rings. The molecule has 0 spiro atoms. The Bertz CT molecular complexity index is 1440. The Labute approximate surface area is 218 Å². The molecule has 5 heteroatoms. The van der Waals surface area contributed by atoms with Gasteiger partial charge in [-0.1, -0.05) is 91.0 Å². The van der Waals surface area contributed by atoms with Crippen LogP contribution in [-0.2, 0) is 4.74 Å². The van der Waals surface area contributed by atoms with Crippen LogP contribution in [0.25, 0.3) is 10.8 Å². The third kappa shape index (κ3) is 5.21. The Hall–Kier alpha value is -4.14. The van der Waals surface area contributed by atoms with E-state index in [9.17, 15) is 4.79 Å². The summed E-state index contributed by atoms with van der Waals surface area (Å²) in [6, 6.07) is 41.2. The van der Waals surface area contributed by atoms with E-state index in [2.05, 4.69) is 66.0 Å². The maximum Gasteiger partial charge on any atom is 0.338 e. The minimum absolute atomic E-state index is 0.136. The van der Waals surface area contributed by atoms with E-state index in [0.717, 1.165) is 27.8 Å². The summed E-state index contributed by atoms with van der Waals surface area (Å²) in [5.74, 6) is 0.321. The molecular weight excluding hydrogens is 477 g/mol. The average molecular weight is 506 g/mol. The van der Waals surface area contributed by atoms with Crippen LogP contribution in [0, 0.1) is 0 Å². The Balaban J connectivity index is 1.77. The monoisotopic (exact) mass is 505 g/mol. The van der Waals surface area contributed by atoms with Crippen LogP contribution in [-0.4, -0.2) is 20.2 Å². The molecule has 0 radical (unpaired) electrons. The van der Waals surface area contributed by atoms with Crippen LogP contribution in [0.2, 0.25) is 0 Å². The van der Waals surface area contributed by atoms with Crippen molar-refractivity contribution in [2.75, 3.05) is 19.5 Å². The van der Waals surface area contributed by atoms with Gasteiger partial charge in [0.25, 0.3) is 0 Å². The summed E-state index contributed by atoms with van der Waals surface area (Å²) in [4.78, 5) is 12.9. The third-order valence-corrected chi connectivity index (χ3v) is 8.99. The van der Waals surface area contributed by atoms with Crippen molar-refractivity contribution in [3.8, 4) is 5.75 Å². The van der Waals surface area contributed by atoms with Crippen LogP contribution >= 0.6 is 7.92 Å². The lowest BCUT2D eigenvalue weighted by molar-refractivity contribution is 0.0603. The predicted octanol–water partition coefficient (Wildman–Crippen LogP) is 6.88. The first kappa shape index (κ1) is 24.5. The Kier molecular flexibility index (Phi) is 7.49. The highest BCUT2D eigenvalue weighted by atomic mass is 31.1. The van der Waals surface area contributed by atoms with Crippen LogP contribution in [0.3, 0.4) is 0 Å². The second-order valence-corrected chi connectivity index (χ2v) is 10.8. The molecular formula is C32H28NO3P. The molecule has 0 amide bonds. The zero-order valence-corrected chi connectivity index (χ0v) is 21.7. The minimum Gasteiger partial charge on any atom is -0.497 e. The summed E-state index contributed by atoms with van der Waals surface area (Å²) in [5.41, 5.74) is 2.58. The van der Waals surface area contributed by atoms with E-state index in [0.29, 0.717) is 5.56 Å². The van der Waals surface area contributed by atoms with Gasteiger partial charge in [0.1, 0.15) is 5.75 Å². The fourth-order valence-electron chi connectivity index (χ4n) is 4.63. The van der Waals surface area contributed by atoms with Gasteiger partial charge in [-0.2, -0.15) is 0 Å². The lowest BCUT2D eigenvalue weighted by atomic mass is 9.99. The Morgan fingerprint density at radius 3 is 1.86 bits per heavy atom. The molecule has 0 aliphatic heterocycles. The van der Waals surface area contributed by atoms with Gasteiger partial charge in [-0.15, -0.1) is 0 Å². The first-order valence-corrected chi connectivity index (χ1v) is 13.5. The predicted molar refractivity (Wildman–Crippen MR) is 154 cm³/mol. The van der Waals surface area contributed by atoms with E-state index < -0.39 is 7.92 Å². The number of carbonyl (C=O) groups excluding carboxylic acids is 1. The van der Waals surface area contributed by atoms with Gasteiger partial charge in [-0.25, -0.2) is 4.79 Å². The summed E-state index contributed by atoms with van der Waals surface area (Å²) in [6.45, 7) is 0. The molecule has 0 bridgehead atoms. The first-order valence-electron chi connectivity index (χ1n) is 12.1. The zero-order valence-electron chi connectivity index (χ0n) is 20.8. The molecule has 1 atom stereocenters. The average Bonchev–Trinajstić information content (AvgIpc) is 2.97. The standard InChI is InChI=1S/C32H28NO3P/c1-35-25-21-19-24(20-22-25)33-31(37(26-13-5-3-6-14-26)27-15-7-4-8-16-27)28-17-9-11-23-12-10-18-29(30(23)28)32(34)36-2/h3-22,31,33H,1-2H3. The van der Waals surface area contributed by atoms with Crippen molar-refractivity contribution in [2.45, 2.75) is 5.78 Å². The van der Waals surface area contributed by atoms with Crippen LogP contribution in [0.5, 0.6) is 5.75 Å². The summed E-state index contributed by atoms with van der Waals surface area (Å²) in [5, 5.41) is 8.22. The van der Waals surface area contributed by atoms with Gasteiger partial charge in [0, 0.05) is 11.1 Å². The fourth-order valence-corrected chi connectivity index (χ4v) is 7.28. The molecule has 37 heavy (non-hydrogen) atoms. The first-order chi connectivity index (χ1) is 18.2. The van der Waals surface area contributed by atoms with Crippen molar-refractivity contribution in [1.29, 1.82) is 0 Å². The molecule has 0 aliphatic rings. The number of methoxy groups -OCH3 is 2. The van der Waals surface area contributed by atoms with Crippen molar-refractivity contribution in [3.05, 3.63) is 132 Å². The second-order valence-electron chi connectivity index (χ2n) is 8.56. The van der Waals surface area contributed by atoms with Crippen molar-refractivity contribution >= 4 is 41.0 Å². The van der Waals surface area contributed by atoms with Crippen molar-refractivity contribution in [2.24, 2.45) is 0 Å². The van der Waals surface area contributed by atoms with Gasteiger partial charge >= 0.3 is 5.97 Å². The smallest absolute Gasteiger partial charge is 0.338 e. The molecule has 0 heterocycles. The van der Waals surface area contributed by atoms with Crippen LogP contribution in [0.15, 0.2) is 121 Å². The molecule has 1 N–H and O–H groups in total. The second kappa shape index (κ2) is 11.3. The van der Waals surface area contributed by atoms with E-state index in [1.54, 1.807) is 7.11 Å². The Morgan fingerprint density at radius 2 is 1.30 bits per heavy atom. The molecule has 5 aromatic rings. The topological polar surface area (TPSA) is 47.6 Å². The zero-order chi connectivity index (χ0) is 25.6. The van der Waals surface area contributed by atoms with Crippen molar-refractivity contribution in [1.82, 2.24) is 0 Å². The summed E-state index contributed by atoms with van der Waals surface area (Å²) < 4.78 is 10.6. The molecule has 5 rings (SSSR count). The molecule has 1 unspecified atom stereocenters. The molecule has 184 valence electrons. The van der Waals surface area contributed by atoms with Gasteiger partial charge < -0.3 is 14.8 Å².